The summed E-state index contributed by atoms with van der Waals surface area (Å²) in [6.45, 7) is 1.68. The minimum atomic E-state index is -0.452. The number of nitrogens with one attached hydrogen (secondary N) is 1. The van der Waals surface area contributed by atoms with Crippen LogP contribution >= 0.6 is 23.2 Å². The zero-order chi connectivity index (χ0) is 36.8. The molecule has 0 radical (unpaired) electrons. The minimum absolute atomic E-state index is 0.116. The number of anilines is 1. The standard InChI is InChI=1S/C42H26Cl2N6O3/c1-23-31(22-45)40-47-35-13-7-8-14-36(35)50(40)42(53)38(23)49-48-34-18-16-25(21-33(34)44)24-15-17-29(32(43)20-24)37-28-12-6-5-9-26(28)19-30(39(37)51)41(52)46-27-10-3-2-4-11-27/h2-21,51,53H,1H3,(H,46,52). The van der Waals surface area contributed by atoms with Crippen LogP contribution < -0.4 is 5.32 Å². The molecule has 0 bridgehead atoms. The Morgan fingerprint density at radius 1 is 0.830 bits per heavy atom. The third-order valence-corrected chi connectivity index (χ3v) is 9.74. The van der Waals surface area contributed by atoms with Crippen LogP contribution in [0.25, 0.3) is 49.7 Å². The summed E-state index contributed by atoms with van der Waals surface area (Å²) in [6, 6.07) is 38.3. The van der Waals surface area contributed by atoms with Crippen molar-refractivity contribution in [2.75, 3.05) is 5.32 Å². The molecule has 3 N–H and O–H groups in total. The molecule has 256 valence electrons. The van der Waals surface area contributed by atoms with Gasteiger partial charge in [-0.25, -0.2) is 4.98 Å². The first-order chi connectivity index (χ1) is 25.7. The lowest BCUT2D eigenvalue weighted by Crippen LogP contribution is -2.12. The van der Waals surface area contributed by atoms with Gasteiger partial charge >= 0.3 is 0 Å². The van der Waals surface area contributed by atoms with Gasteiger partial charge < -0.3 is 15.5 Å². The summed E-state index contributed by atoms with van der Waals surface area (Å²) >= 11 is 13.6. The number of aromatic nitrogens is 2. The molecule has 8 rings (SSSR count). The van der Waals surface area contributed by atoms with Crippen molar-refractivity contribution in [2.45, 2.75) is 6.92 Å². The van der Waals surface area contributed by atoms with Gasteiger partial charge in [-0.2, -0.15) is 5.26 Å². The van der Waals surface area contributed by atoms with Crippen molar-refractivity contribution in [1.29, 1.82) is 5.26 Å². The van der Waals surface area contributed by atoms with Gasteiger partial charge in [0.15, 0.2) is 11.3 Å². The Bertz CT molecular complexity index is 2860. The molecule has 0 aliphatic carbocycles. The molecule has 2 aromatic heterocycles. The molecule has 0 spiro atoms. The molecule has 53 heavy (non-hydrogen) atoms. The van der Waals surface area contributed by atoms with Gasteiger partial charge in [0.1, 0.15) is 23.1 Å². The number of nitriles is 1. The Balaban J connectivity index is 1.13. The van der Waals surface area contributed by atoms with E-state index in [0.717, 1.165) is 21.9 Å². The SMILES string of the molecule is Cc1c(N=Nc2ccc(-c3ccc(-c4c(O)c(C(=O)Nc5ccccc5)cc5ccccc45)c(Cl)c3)cc2Cl)c(O)n2c(nc3ccccc32)c1C#N. The normalized spacial score (nSPS) is 11.4. The summed E-state index contributed by atoms with van der Waals surface area (Å²) < 4.78 is 1.49. The van der Waals surface area contributed by atoms with E-state index in [2.05, 4.69) is 26.6 Å². The quantitative estimate of drug-likeness (QED) is 0.146. The van der Waals surface area contributed by atoms with E-state index in [9.17, 15) is 20.3 Å². The number of benzene rings is 6. The van der Waals surface area contributed by atoms with Crippen molar-refractivity contribution >= 4 is 73.6 Å². The second-order valence-corrected chi connectivity index (χ2v) is 13.1. The maximum atomic E-state index is 13.4. The van der Waals surface area contributed by atoms with Crippen molar-refractivity contribution in [3.63, 3.8) is 0 Å². The van der Waals surface area contributed by atoms with Crippen LogP contribution in [0.3, 0.4) is 0 Å². The number of halogens is 2. The van der Waals surface area contributed by atoms with E-state index in [4.69, 9.17) is 23.2 Å². The van der Waals surface area contributed by atoms with E-state index in [1.165, 1.54) is 4.40 Å². The van der Waals surface area contributed by atoms with Crippen LogP contribution in [-0.2, 0) is 0 Å². The first-order valence-electron chi connectivity index (χ1n) is 16.4. The van der Waals surface area contributed by atoms with E-state index in [-0.39, 0.29) is 28.4 Å². The summed E-state index contributed by atoms with van der Waals surface area (Å²) in [6.07, 6.45) is 0. The predicted molar refractivity (Wildman–Crippen MR) is 209 cm³/mol. The third kappa shape index (κ3) is 5.86. The molecule has 9 nitrogen and oxygen atoms in total. The van der Waals surface area contributed by atoms with Gasteiger partial charge in [-0.15, -0.1) is 10.2 Å². The van der Waals surface area contributed by atoms with Gasteiger partial charge in [0.25, 0.3) is 5.91 Å². The number of carbonyl (C=O) groups is 1. The molecule has 0 aliphatic heterocycles. The lowest BCUT2D eigenvalue weighted by Gasteiger charge is -2.16. The fourth-order valence-corrected chi connectivity index (χ4v) is 6.99. The molecular formula is C42H26Cl2N6O3. The monoisotopic (exact) mass is 732 g/mol. The Morgan fingerprint density at radius 3 is 2.28 bits per heavy atom. The van der Waals surface area contributed by atoms with Crippen LogP contribution in [0.1, 0.15) is 21.5 Å². The highest BCUT2D eigenvalue weighted by Gasteiger charge is 2.23. The second-order valence-electron chi connectivity index (χ2n) is 12.3. The number of rotatable bonds is 6. The number of phenolic OH excluding ortho intramolecular Hbond substituents is 1. The number of nitrogens with zero attached hydrogens (tertiary/aromatic N) is 5. The largest absolute Gasteiger partial charge is 0.506 e. The zero-order valence-electron chi connectivity index (χ0n) is 27.8. The van der Waals surface area contributed by atoms with E-state index in [1.54, 1.807) is 61.5 Å². The number of hydrogen-bond acceptors (Lipinski definition) is 7. The lowest BCUT2D eigenvalue weighted by molar-refractivity contribution is 0.102. The first-order valence-corrected chi connectivity index (χ1v) is 17.1. The number of phenols is 1. The van der Waals surface area contributed by atoms with Gasteiger partial charge in [0.2, 0.25) is 5.88 Å². The number of carbonyl (C=O) groups excluding carboxylic acids is 1. The number of imidazole rings is 1. The number of pyridine rings is 1. The van der Waals surface area contributed by atoms with Crippen LogP contribution in [0.4, 0.5) is 17.1 Å². The van der Waals surface area contributed by atoms with E-state index < -0.39 is 5.91 Å². The van der Waals surface area contributed by atoms with Gasteiger partial charge in [-0.3, -0.25) is 9.20 Å². The smallest absolute Gasteiger partial charge is 0.259 e. The highest BCUT2D eigenvalue weighted by atomic mass is 35.5. The number of amides is 1. The maximum absolute atomic E-state index is 13.4. The van der Waals surface area contributed by atoms with Crippen molar-refractivity contribution in [1.82, 2.24) is 9.38 Å². The maximum Gasteiger partial charge on any atom is 0.259 e. The van der Waals surface area contributed by atoms with Gasteiger partial charge in [0, 0.05) is 27.4 Å². The summed E-state index contributed by atoms with van der Waals surface area (Å²) in [5, 5.41) is 46.4. The molecule has 11 heteroatoms. The molecule has 0 aliphatic rings. The van der Waals surface area contributed by atoms with E-state index >= 15 is 0 Å². The summed E-state index contributed by atoms with van der Waals surface area (Å²) in [5.74, 6) is -0.836. The number of para-hydroxylation sites is 3. The fraction of sp³-hybridized carbons (Fsp3) is 0.0238. The second kappa shape index (κ2) is 13.4. The number of fused-ring (bicyclic) bond motifs is 4. The average Bonchev–Trinajstić information content (AvgIpc) is 3.55. The summed E-state index contributed by atoms with van der Waals surface area (Å²) in [7, 11) is 0. The first kappa shape index (κ1) is 33.4. The fourth-order valence-electron chi connectivity index (χ4n) is 6.49. The molecule has 6 aromatic carbocycles. The Hall–Kier alpha value is -6.73. The number of azo groups is 1. The van der Waals surface area contributed by atoms with Crippen LogP contribution in [0, 0.1) is 18.3 Å². The highest BCUT2D eigenvalue weighted by Crippen LogP contribution is 2.44. The lowest BCUT2D eigenvalue weighted by atomic mass is 9.92. The molecular weight excluding hydrogens is 707 g/mol. The predicted octanol–water partition coefficient (Wildman–Crippen LogP) is 11.5. The van der Waals surface area contributed by atoms with Crippen LogP contribution in [-0.4, -0.2) is 25.5 Å². The van der Waals surface area contributed by atoms with E-state index in [0.29, 0.717) is 54.8 Å². The van der Waals surface area contributed by atoms with Crippen LogP contribution in [0.2, 0.25) is 10.0 Å². The van der Waals surface area contributed by atoms with Gasteiger partial charge in [-0.05, 0) is 77.4 Å². The van der Waals surface area contributed by atoms with Gasteiger partial charge in [0.05, 0.1) is 21.6 Å². The molecule has 0 fully saturated rings. The number of aromatic hydroxyl groups is 2. The third-order valence-electron chi connectivity index (χ3n) is 9.13. The Kier molecular flexibility index (Phi) is 8.47. The van der Waals surface area contributed by atoms with Crippen molar-refractivity contribution in [3.8, 4) is 40.0 Å². The molecule has 0 saturated heterocycles. The minimum Gasteiger partial charge on any atom is -0.506 e. The number of hydrogen-bond donors (Lipinski definition) is 3. The van der Waals surface area contributed by atoms with Crippen LogP contribution in [0.5, 0.6) is 11.6 Å². The molecule has 1 amide bonds. The summed E-state index contributed by atoms with van der Waals surface area (Å²) in [5.41, 5.74) is 5.95. The molecule has 0 saturated carbocycles. The topological polar surface area (TPSA) is 135 Å². The highest BCUT2D eigenvalue weighted by molar-refractivity contribution is 6.35. The summed E-state index contributed by atoms with van der Waals surface area (Å²) in [4.78, 5) is 17.9. The van der Waals surface area contributed by atoms with Crippen molar-refractivity contribution in [3.05, 3.63) is 148 Å². The Morgan fingerprint density at radius 2 is 1.53 bits per heavy atom. The van der Waals surface area contributed by atoms with E-state index in [1.807, 2.05) is 66.7 Å². The molecule has 0 unspecified atom stereocenters. The zero-order valence-corrected chi connectivity index (χ0v) is 29.4. The molecule has 0 atom stereocenters. The van der Waals surface area contributed by atoms with Crippen molar-refractivity contribution < 1.29 is 15.0 Å². The average molecular weight is 734 g/mol. The van der Waals surface area contributed by atoms with Gasteiger partial charge in [-0.1, -0.05) is 96.0 Å². The van der Waals surface area contributed by atoms with Crippen molar-refractivity contribution in [2.24, 2.45) is 10.2 Å². The Labute approximate surface area is 312 Å². The van der Waals surface area contributed by atoms with Crippen LogP contribution in [0.15, 0.2) is 132 Å². The molecule has 2 heterocycles. The molecule has 8 aromatic rings.